The van der Waals surface area contributed by atoms with Gasteiger partial charge in [-0.05, 0) is 25.5 Å². The van der Waals surface area contributed by atoms with E-state index in [2.05, 4.69) is 10.1 Å². The van der Waals surface area contributed by atoms with Crippen molar-refractivity contribution in [1.82, 2.24) is 9.55 Å². The van der Waals surface area contributed by atoms with E-state index in [9.17, 15) is 0 Å². The number of para-hydroxylation sites is 1. The van der Waals surface area contributed by atoms with Crippen LogP contribution in [0.3, 0.4) is 0 Å². The van der Waals surface area contributed by atoms with E-state index >= 15 is 0 Å². The van der Waals surface area contributed by atoms with Gasteiger partial charge in [-0.25, -0.2) is 4.98 Å². The van der Waals surface area contributed by atoms with Gasteiger partial charge in [-0.15, -0.1) is 0 Å². The summed E-state index contributed by atoms with van der Waals surface area (Å²) in [5, 5.41) is 12.0. The summed E-state index contributed by atoms with van der Waals surface area (Å²) in [5.74, 6) is 1.45. The average Bonchev–Trinajstić information content (AvgIpc) is 2.90. The van der Waals surface area contributed by atoms with Crippen molar-refractivity contribution in [3.63, 3.8) is 0 Å². The number of hydrogen-bond acceptors (Lipinski definition) is 4. The van der Waals surface area contributed by atoms with Gasteiger partial charge < -0.3 is 20.2 Å². The summed E-state index contributed by atoms with van der Waals surface area (Å²) in [6.07, 6.45) is 4.43. The molecule has 0 spiro atoms. The summed E-state index contributed by atoms with van der Waals surface area (Å²) in [6, 6.07) is 5.50. The van der Waals surface area contributed by atoms with Gasteiger partial charge in [-0.3, -0.25) is 0 Å². The van der Waals surface area contributed by atoms with Crippen molar-refractivity contribution in [2.75, 3.05) is 6.61 Å². The SMILES string of the molecule is CCCOc1c(C(N)=NO)cccc1-n1ccnc1C. The molecule has 0 bridgehead atoms. The number of nitrogens with two attached hydrogens (primary N) is 1. The molecule has 0 atom stereocenters. The molecule has 1 aromatic heterocycles. The maximum absolute atomic E-state index is 8.90. The van der Waals surface area contributed by atoms with Gasteiger partial charge in [0.25, 0.3) is 0 Å². The molecule has 6 nitrogen and oxygen atoms in total. The van der Waals surface area contributed by atoms with Crippen molar-refractivity contribution in [1.29, 1.82) is 0 Å². The fraction of sp³-hybridized carbons (Fsp3) is 0.286. The fourth-order valence-corrected chi connectivity index (χ4v) is 1.96. The summed E-state index contributed by atoms with van der Waals surface area (Å²) in [4.78, 5) is 4.21. The number of oxime groups is 1. The lowest BCUT2D eigenvalue weighted by atomic mass is 10.1. The molecule has 0 saturated heterocycles. The largest absolute Gasteiger partial charge is 0.491 e. The van der Waals surface area contributed by atoms with Gasteiger partial charge in [0.15, 0.2) is 11.6 Å². The van der Waals surface area contributed by atoms with E-state index in [-0.39, 0.29) is 5.84 Å². The number of aromatic nitrogens is 2. The molecule has 0 unspecified atom stereocenters. The molecule has 20 heavy (non-hydrogen) atoms. The third kappa shape index (κ3) is 2.59. The summed E-state index contributed by atoms with van der Waals surface area (Å²) in [5.41, 5.74) is 7.10. The van der Waals surface area contributed by atoms with Gasteiger partial charge in [0.1, 0.15) is 5.82 Å². The highest BCUT2D eigenvalue weighted by Gasteiger charge is 2.15. The molecule has 0 radical (unpaired) electrons. The van der Waals surface area contributed by atoms with Gasteiger partial charge in [0.2, 0.25) is 0 Å². The van der Waals surface area contributed by atoms with Crippen LogP contribution in [0.1, 0.15) is 24.7 Å². The Morgan fingerprint density at radius 2 is 2.30 bits per heavy atom. The molecule has 0 aliphatic rings. The van der Waals surface area contributed by atoms with Crippen LogP contribution >= 0.6 is 0 Å². The number of benzene rings is 1. The molecule has 0 aliphatic heterocycles. The predicted molar refractivity (Wildman–Crippen MR) is 76.6 cm³/mol. The highest BCUT2D eigenvalue weighted by Crippen LogP contribution is 2.28. The van der Waals surface area contributed by atoms with Crippen LogP contribution in [-0.4, -0.2) is 27.2 Å². The van der Waals surface area contributed by atoms with Gasteiger partial charge in [0, 0.05) is 12.4 Å². The van der Waals surface area contributed by atoms with Crippen molar-refractivity contribution in [3.8, 4) is 11.4 Å². The highest BCUT2D eigenvalue weighted by atomic mass is 16.5. The van der Waals surface area contributed by atoms with E-state index in [1.165, 1.54) is 0 Å². The minimum atomic E-state index is 0.0238. The first-order valence-corrected chi connectivity index (χ1v) is 6.43. The second kappa shape index (κ2) is 6.10. The Hall–Kier alpha value is -2.50. The zero-order valence-corrected chi connectivity index (χ0v) is 11.6. The lowest BCUT2D eigenvalue weighted by Gasteiger charge is -2.16. The first-order valence-electron chi connectivity index (χ1n) is 6.43. The van der Waals surface area contributed by atoms with E-state index in [1.54, 1.807) is 12.3 Å². The molecule has 3 N–H and O–H groups in total. The van der Waals surface area contributed by atoms with Crippen molar-refractivity contribution < 1.29 is 9.94 Å². The van der Waals surface area contributed by atoms with Crippen LogP contribution in [0.4, 0.5) is 0 Å². The van der Waals surface area contributed by atoms with Crippen LogP contribution in [0, 0.1) is 6.92 Å². The first-order chi connectivity index (χ1) is 9.69. The second-order valence-electron chi connectivity index (χ2n) is 4.33. The minimum absolute atomic E-state index is 0.0238. The molecule has 0 saturated carbocycles. The molecule has 2 aromatic rings. The van der Waals surface area contributed by atoms with E-state index in [0.717, 1.165) is 17.9 Å². The normalized spacial score (nSPS) is 11.6. The number of aryl methyl sites for hydroxylation is 1. The minimum Gasteiger partial charge on any atom is -0.491 e. The highest BCUT2D eigenvalue weighted by molar-refractivity contribution is 6.00. The van der Waals surface area contributed by atoms with E-state index in [4.69, 9.17) is 15.7 Å². The lowest BCUT2D eigenvalue weighted by Crippen LogP contribution is -2.16. The molecule has 0 aliphatic carbocycles. The van der Waals surface area contributed by atoms with Crippen LogP contribution in [0.2, 0.25) is 0 Å². The van der Waals surface area contributed by atoms with E-state index < -0.39 is 0 Å². The Bertz CT molecular complexity index is 619. The Balaban J connectivity index is 2.59. The summed E-state index contributed by atoms with van der Waals surface area (Å²) < 4.78 is 7.70. The van der Waals surface area contributed by atoms with Gasteiger partial charge >= 0.3 is 0 Å². The average molecular weight is 274 g/mol. The number of ether oxygens (including phenoxy) is 1. The number of imidazole rings is 1. The maximum Gasteiger partial charge on any atom is 0.173 e. The number of amidine groups is 1. The molecular formula is C14H18N4O2. The molecular weight excluding hydrogens is 256 g/mol. The van der Waals surface area contributed by atoms with Crippen LogP contribution in [0.5, 0.6) is 5.75 Å². The second-order valence-corrected chi connectivity index (χ2v) is 4.33. The Kier molecular flexibility index (Phi) is 4.24. The molecule has 106 valence electrons. The Morgan fingerprint density at radius 3 is 2.90 bits per heavy atom. The lowest BCUT2D eigenvalue weighted by molar-refractivity contribution is 0.311. The quantitative estimate of drug-likeness (QED) is 0.378. The number of nitrogens with zero attached hydrogens (tertiary/aromatic N) is 3. The van der Waals surface area contributed by atoms with Crippen LogP contribution < -0.4 is 10.5 Å². The summed E-state index contributed by atoms with van der Waals surface area (Å²) >= 11 is 0. The zero-order chi connectivity index (χ0) is 14.5. The van der Waals surface area contributed by atoms with Crippen molar-refractivity contribution in [2.24, 2.45) is 10.9 Å². The summed E-state index contributed by atoms with van der Waals surface area (Å²) in [7, 11) is 0. The van der Waals surface area contributed by atoms with Gasteiger partial charge in [-0.2, -0.15) is 0 Å². The predicted octanol–water partition coefficient (Wildman–Crippen LogP) is 2.06. The first kappa shape index (κ1) is 13.9. The monoisotopic (exact) mass is 274 g/mol. The van der Waals surface area contributed by atoms with E-state index in [1.807, 2.05) is 36.7 Å². The molecule has 2 rings (SSSR count). The molecule has 1 aromatic carbocycles. The van der Waals surface area contributed by atoms with Crippen LogP contribution in [0.25, 0.3) is 5.69 Å². The molecule has 6 heteroatoms. The number of rotatable bonds is 5. The van der Waals surface area contributed by atoms with Crippen molar-refractivity contribution in [2.45, 2.75) is 20.3 Å². The Morgan fingerprint density at radius 1 is 1.50 bits per heavy atom. The van der Waals surface area contributed by atoms with Gasteiger partial charge in [0.05, 0.1) is 17.9 Å². The third-order valence-electron chi connectivity index (χ3n) is 2.91. The van der Waals surface area contributed by atoms with Gasteiger partial charge in [-0.1, -0.05) is 18.1 Å². The third-order valence-corrected chi connectivity index (χ3v) is 2.91. The topological polar surface area (TPSA) is 85.7 Å². The van der Waals surface area contributed by atoms with Crippen LogP contribution in [0.15, 0.2) is 35.7 Å². The standard InChI is InChI=1S/C14H18N4O2/c1-3-9-20-13-11(14(15)17-19)5-4-6-12(13)18-8-7-16-10(18)2/h4-8,19H,3,9H2,1-2H3,(H2,15,17). The van der Waals surface area contributed by atoms with E-state index in [0.29, 0.717) is 17.9 Å². The fourth-order valence-electron chi connectivity index (χ4n) is 1.96. The smallest absolute Gasteiger partial charge is 0.173 e. The van der Waals surface area contributed by atoms with Crippen molar-refractivity contribution in [3.05, 3.63) is 42.0 Å². The van der Waals surface area contributed by atoms with Crippen molar-refractivity contribution >= 4 is 5.84 Å². The number of hydrogen-bond donors (Lipinski definition) is 2. The van der Waals surface area contributed by atoms with Crippen LogP contribution in [-0.2, 0) is 0 Å². The zero-order valence-electron chi connectivity index (χ0n) is 11.6. The Labute approximate surface area is 117 Å². The maximum atomic E-state index is 8.90. The molecule has 0 amide bonds. The molecule has 1 heterocycles. The molecule has 0 fully saturated rings. The summed E-state index contributed by atoms with van der Waals surface area (Å²) in [6.45, 7) is 4.48.